The molecule has 0 aliphatic rings. The number of aromatic hydroxyl groups is 1. The SMILES string of the molecule is CC(C)(C)OC(=O)N[C@H](C=O)Cc1ccc(O)cc1. The molecule has 1 amide bonds. The minimum atomic E-state index is -0.653. The summed E-state index contributed by atoms with van der Waals surface area (Å²) in [5, 5.41) is 11.7. The van der Waals surface area contributed by atoms with Gasteiger partial charge in [-0.1, -0.05) is 12.1 Å². The summed E-state index contributed by atoms with van der Waals surface area (Å²) in [4.78, 5) is 22.5. The summed E-state index contributed by atoms with van der Waals surface area (Å²) in [6, 6.07) is 5.81. The lowest BCUT2D eigenvalue weighted by Gasteiger charge is -2.21. The van der Waals surface area contributed by atoms with Crippen LogP contribution in [0.3, 0.4) is 0 Å². The van der Waals surface area contributed by atoms with Gasteiger partial charge in [0.2, 0.25) is 0 Å². The molecule has 19 heavy (non-hydrogen) atoms. The Labute approximate surface area is 112 Å². The van der Waals surface area contributed by atoms with Crippen molar-refractivity contribution in [1.82, 2.24) is 5.32 Å². The largest absolute Gasteiger partial charge is 0.508 e. The quantitative estimate of drug-likeness (QED) is 0.817. The molecule has 0 saturated heterocycles. The van der Waals surface area contributed by atoms with Gasteiger partial charge in [-0.25, -0.2) is 4.79 Å². The Morgan fingerprint density at radius 2 is 1.95 bits per heavy atom. The van der Waals surface area contributed by atoms with E-state index in [9.17, 15) is 9.59 Å². The van der Waals surface area contributed by atoms with E-state index in [1.165, 1.54) is 12.1 Å². The molecule has 0 aliphatic carbocycles. The van der Waals surface area contributed by atoms with Crippen molar-refractivity contribution in [1.29, 1.82) is 0 Å². The number of alkyl carbamates (subject to hydrolysis) is 1. The van der Waals surface area contributed by atoms with Crippen molar-refractivity contribution < 1.29 is 19.4 Å². The lowest BCUT2D eigenvalue weighted by Crippen LogP contribution is -2.41. The highest BCUT2D eigenvalue weighted by Gasteiger charge is 2.19. The van der Waals surface area contributed by atoms with Crippen LogP contribution < -0.4 is 5.32 Å². The summed E-state index contributed by atoms with van der Waals surface area (Å²) in [6.07, 6.45) is 0.392. The first kappa shape index (κ1) is 15.0. The maximum atomic E-state index is 11.5. The second-order valence-electron chi connectivity index (χ2n) is 5.26. The minimum Gasteiger partial charge on any atom is -0.508 e. The number of ether oxygens (including phenoxy) is 1. The average molecular weight is 265 g/mol. The molecule has 1 aromatic carbocycles. The molecule has 1 rings (SSSR count). The first-order valence-corrected chi connectivity index (χ1v) is 6.03. The summed E-state index contributed by atoms with van der Waals surface area (Å²) in [7, 11) is 0. The Hall–Kier alpha value is -2.04. The third-order valence-corrected chi connectivity index (χ3v) is 2.26. The van der Waals surface area contributed by atoms with Crippen molar-refractivity contribution in [3.8, 4) is 5.75 Å². The fourth-order valence-electron chi connectivity index (χ4n) is 1.48. The zero-order valence-corrected chi connectivity index (χ0v) is 11.3. The Morgan fingerprint density at radius 3 is 2.42 bits per heavy atom. The lowest BCUT2D eigenvalue weighted by molar-refractivity contribution is -0.109. The summed E-state index contributed by atoms with van der Waals surface area (Å²) in [5.74, 6) is 0.159. The van der Waals surface area contributed by atoms with Gasteiger partial charge in [0, 0.05) is 0 Å². The molecule has 1 atom stereocenters. The smallest absolute Gasteiger partial charge is 0.408 e. The van der Waals surface area contributed by atoms with Crippen molar-refractivity contribution in [3.63, 3.8) is 0 Å². The predicted octanol–water partition coefficient (Wildman–Crippen LogP) is 2.03. The molecule has 0 aliphatic heterocycles. The number of benzene rings is 1. The van der Waals surface area contributed by atoms with Crippen molar-refractivity contribution in [2.24, 2.45) is 0 Å². The molecule has 5 nitrogen and oxygen atoms in total. The van der Waals surface area contributed by atoms with Crippen LogP contribution in [0.4, 0.5) is 4.79 Å². The van der Waals surface area contributed by atoms with E-state index < -0.39 is 17.7 Å². The third-order valence-electron chi connectivity index (χ3n) is 2.26. The Kier molecular flexibility index (Phi) is 4.92. The topological polar surface area (TPSA) is 75.6 Å². The van der Waals surface area contributed by atoms with Gasteiger partial charge < -0.3 is 20.0 Å². The summed E-state index contributed by atoms with van der Waals surface area (Å²) < 4.78 is 5.08. The van der Waals surface area contributed by atoms with E-state index in [1.54, 1.807) is 32.9 Å². The minimum absolute atomic E-state index is 0.159. The highest BCUT2D eigenvalue weighted by atomic mass is 16.6. The molecule has 0 fully saturated rings. The van der Waals surface area contributed by atoms with Crippen LogP contribution >= 0.6 is 0 Å². The second kappa shape index (κ2) is 6.22. The molecule has 0 radical (unpaired) electrons. The van der Waals surface area contributed by atoms with Crippen LogP contribution in [0.2, 0.25) is 0 Å². The number of phenols is 1. The number of phenolic OH excluding ortho intramolecular Hbond substituents is 1. The molecule has 0 heterocycles. The van der Waals surface area contributed by atoms with Gasteiger partial charge in [0.1, 0.15) is 17.6 Å². The molecule has 0 unspecified atom stereocenters. The van der Waals surface area contributed by atoms with Gasteiger partial charge >= 0.3 is 6.09 Å². The van der Waals surface area contributed by atoms with Gasteiger partial charge in [0.25, 0.3) is 0 Å². The molecule has 0 saturated carbocycles. The number of carbonyl (C=O) groups excluding carboxylic acids is 2. The van der Waals surface area contributed by atoms with Crippen LogP contribution in [0, 0.1) is 0 Å². The van der Waals surface area contributed by atoms with Crippen LogP contribution in [-0.2, 0) is 16.0 Å². The van der Waals surface area contributed by atoms with E-state index in [4.69, 9.17) is 9.84 Å². The average Bonchev–Trinajstić information content (AvgIpc) is 2.28. The maximum Gasteiger partial charge on any atom is 0.408 e. The number of aldehydes is 1. The van der Waals surface area contributed by atoms with Crippen molar-refractivity contribution >= 4 is 12.4 Å². The van der Waals surface area contributed by atoms with Gasteiger partial charge in [-0.3, -0.25) is 0 Å². The van der Waals surface area contributed by atoms with Crippen LogP contribution in [0.5, 0.6) is 5.75 Å². The van der Waals surface area contributed by atoms with E-state index in [0.717, 1.165) is 5.56 Å². The lowest BCUT2D eigenvalue weighted by atomic mass is 10.1. The first-order chi connectivity index (χ1) is 8.80. The molecular formula is C14H19NO4. The number of amides is 1. The molecule has 0 bridgehead atoms. The highest BCUT2D eigenvalue weighted by molar-refractivity contribution is 5.73. The summed E-state index contributed by atoms with van der Waals surface area (Å²) in [6.45, 7) is 5.26. The van der Waals surface area contributed by atoms with E-state index >= 15 is 0 Å². The Balaban J connectivity index is 2.57. The standard InChI is InChI=1S/C14H19NO4/c1-14(2,3)19-13(18)15-11(9-16)8-10-4-6-12(17)7-5-10/h4-7,9,11,17H,8H2,1-3H3,(H,15,18)/t11-/m0/s1. The molecule has 2 N–H and O–H groups in total. The predicted molar refractivity (Wildman–Crippen MR) is 71.0 cm³/mol. The highest BCUT2D eigenvalue weighted by Crippen LogP contribution is 2.11. The molecule has 0 spiro atoms. The zero-order chi connectivity index (χ0) is 14.5. The van der Waals surface area contributed by atoms with Gasteiger partial charge in [0.05, 0.1) is 6.04 Å². The first-order valence-electron chi connectivity index (χ1n) is 6.03. The number of rotatable bonds is 4. The molecule has 0 aromatic heterocycles. The van der Waals surface area contributed by atoms with Crippen LogP contribution in [-0.4, -0.2) is 29.1 Å². The number of carbonyl (C=O) groups is 2. The van der Waals surface area contributed by atoms with E-state index in [0.29, 0.717) is 12.7 Å². The number of hydrogen-bond acceptors (Lipinski definition) is 4. The molecule has 1 aromatic rings. The van der Waals surface area contributed by atoms with Crippen molar-refractivity contribution in [2.75, 3.05) is 0 Å². The van der Waals surface area contributed by atoms with E-state index in [-0.39, 0.29) is 5.75 Å². The van der Waals surface area contributed by atoms with Gasteiger partial charge in [-0.15, -0.1) is 0 Å². The number of nitrogens with one attached hydrogen (secondary N) is 1. The van der Waals surface area contributed by atoms with Crippen molar-refractivity contribution in [3.05, 3.63) is 29.8 Å². The molecule has 5 heteroatoms. The van der Waals surface area contributed by atoms with Crippen LogP contribution in [0.25, 0.3) is 0 Å². The van der Waals surface area contributed by atoms with Crippen LogP contribution in [0.15, 0.2) is 24.3 Å². The van der Waals surface area contributed by atoms with Crippen LogP contribution in [0.1, 0.15) is 26.3 Å². The fourth-order valence-corrected chi connectivity index (χ4v) is 1.48. The monoisotopic (exact) mass is 265 g/mol. The number of hydrogen-bond donors (Lipinski definition) is 2. The maximum absolute atomic E-state index is 11.5. The summed E-state index contributed by atoms with van der Waals surface area (Å²) >= 11 is 0. The molecular weight excluding hydrogens is 246 g/mol. The van der Waals surface area contributed by atoms with Gasteiger partial charge in [-0.05, 0) is 44.9 Å². The van der Waals surface area contributed by atoms with Gasteiger partial charge in [-0.2, -0.15) is 0 Å². The van der Waals surface area contributed by atoms with Gasteiger partial charge in [0.15, 0.2) is 0 Å². The normalized spacial score (nSPS) is 12.6. The molecule has 104 valence electrons. The second-order valence-corrected chi connectivity index (χ2v) is 5.26. The fraction of sp³-hybridized carbons (Fsp3) is 0.429. The Morgan fingerprint density at radius 1 is 1.37 bits per heavy atom. The zero-order valence-electron chi connectivity index (χ0n) is 11.3. The third kappa shape index (κ3) is 5.90. The summed E-state index contributed by atoms with van der Waals surface area (Å²) in [5.41, 5.74) is 0.238. The van der Waals surface area contributed by atoms with Crippen molar-refractivity contribution in [2.45, 2.75) is 38.8 Å². The Bertz CT molecular complexity index is 434. The van der Waals surface area contributed by atoms with E-state index in [1.807, 2.05) is 0 Å². The van der Waals surface area contributed by atoms with E-state index in [2.05, 4.69) is 5.32 Å².